The van der Waals surface area contributed by atoms with E-state index in [1.807, 2.05) is 24.3 Å². The number of nitrogens with zero attached hydrogens (tertiary/aromatic N) is 1. The molecule has 3 rings (SSSR count). The summed E-state index contributed by atoms with van der Waals surface area (Å²) in [7, 11) is -2.04. The van der Waals surface area contributed by atoms with Crippen molar-refractivity contribution < 1.29 is 27.4 Å². The first kappa shape index (κ1) is 21.8. The summed E-state index contributed by atoms with van der Waals surface area (Å²) in [5.74, 6) is 1.45. The van der Waals surface area contributed by atoms with Crippen molar-refractivity contribution in [1.82, 2.24) is 5.32 Å². The first-order valence-corrected chi connectivity index (χ1v) is 11.5. The molecule has 162 valence electrons. The maximum absolute atomic E-state index is 12.4. The second kappa shape index (κ2) is 9.71. The van der Waals surface area contributed by atoms with E-state index in [1.165, 1.54) is 0 Å². The molecule has 0 radical (unpaired) electrons. The van der Waals surface area contributed by atoms with Crippen LogP contribution >= 0.6 is 0 Å². The maximum Gasteiger partial charge on any atom is 0.240 e. The van der Waals surface area contributed by atoms with E-state index in [-0.39, 0.29) is 12.5 Å². The van der Waals surface area contributed by atoms with Gasteiger partial charge in [-0.05, 0) is 42.7 Å². The van der Waals surface area contributed by atoms with E-state index in [0.29, 0.717) is 36.9 Å². The van der Waals surface area contributed by atoms with E-state index >= 15 is 0 Å². The minimum atomic E-state index is -3.66. The summed E-state index contributed by atoms with van der Waals surface area (Å²) < 4.78 is 41.7. The fourth-order valence-corrected chi connectivity index (χ4v) is 3.93. The second-order valence-corrected chi connectivity index (χ2v) is 8.81. The number of fused-ring (bicyclic) bond motifs is 1. The minimum Gasteiger partial charge on any atom is -0.497 e. The molecule has 0 bridgehead atoms. The van der Waals surface area contributed by atoms with Crippen molar-refractivity contribution in [3.63, 3.8) is 0 Å². The highest BCUT2D eigenvalue weighted by molar-refractivity contribution is 7.92. The second-order valence-electron chi connectivity index (χ2n) is 6.90. The van der Waals surface area contributed by atoms with Crippen molar-refractivity contribution >= 4 is 21.6 Å². The Morgan fingerprint density at radius 3 is 2.47 bits per heavy atom. The van der Waals surface area contributed by atoms with Crippen LogP contribution in [-0.2, 0) is 21.2 Å². The quantitative estimate of drug-likeness (QED) is 0.607. The number of hydrogen-bond donors (Lipinski definition) is 1. The lowest BCUT2D eigenvalue weighted by Crippen LogP contribution is -2.40. The predicted octanol–water partition coefficient (Wildman–Crippen LogP) is 1.98. The minimum absolute atomic E-state index is 0.305. The first-order valence-electron chi connectivity index (χ1n) is 9.64. The average molecular weight is 435 g/mol. The Hall–Kier alpha value is -2.94. The highest BCUT2D eigenvalue weighted by atomic mass is 32.2. The maximum atomic E-state index is 12.4. The molecule has 0 atom stereocenters. The monoisotopic (exact) mass is 434 g/mol. The number of anilines is 1. The number of benzene rings is 2. The summed E-state index contributed by atoms with van der Waals surface area (Å²) >= 11 is 0. The molecule has 0 fully saturated rings. The number of sulfonamides is 1. The van der Waals surface area contributed by atoms with E-state index in [1.54, 1.807) is 25.3 Å². The smallest absolute Gasteiger partial charge is 0.240 e. The Kier molecular flexibility index (Phi) is 7.04. The van der Waals surface area contributed by atoms with Gasteiger partial charge in [0.1, 0.15) is 25.5 Å². The normalized spacial score (nSPS) is 12.9. The van der Waals surface area contributed by atoms with E-state index in [4.69, 9.17) is 14.2 Å². The summed E-state index contributed by atoms with van der Waals surface area (Å²) in [5, 5.41) is 2.78. The van der Waals surface area contributed by atoms with Crippen molar-refractivity contribution in [2.45, 2.75) is 12.8 Å². The van der Waals surface area contributed by atoms with Gasteiger partial charge in [0.25, 0.3) is 0 Å². The highest BCUT2D eigenvalue weighted by Gasteiger charge is 2.23. The van der Waals surface area contributed by atoms with Crippen LogP contribution in [0.15, 0.2) is 42.5 Å². The van der Waals surface area contributed by atoms with Gasteiger partial charge in [-0.1, -0.05) is 12.1 Å². The van der Waals surface area contributed by atoms with E-state index in [0.717, 1.165) is 34.7 Å². The van der Waals surface area contributed by atoms with Crippen LogP contribution in [0.25, 0.3) is 0 Å². The summed E-state index contributed by atoms with van der Waals surface area (Å²) in [6, 6.07) is 12.6. The number of rotatable bonds is 9. The predicted molar refractivity (Wildman–Crippen MR) is 114 cm³/mol. The molecule has 0 unspecified atom stereocenters. The molecule has 0 aliphatic carbocycles. The number of carbonyl (C=O) groups is 1. The van der Waals surface area contributed by atoms with Gasteiger partial charge >= 0.3 is 0 Å². The number of aryl methyl sites for hydroxylation is 1. The first-order chi connectivity index (χ1) is 14.4. The molecule has 30 heavy (non-hydrogen) atoms. The van der Waals surface area contributed by atoms with Crippen LogP contribution in [0.5, 0.6) is 17.2 Å². The number of nitrogens with one attached hydrogen (secondary N) is 1. The highest BCUT2D eigenvalue weighted by Crippen LogP contribution is 2.34. The number of carbonyl (C=O) groups excluding carboxylic acids is 1. The molecule has 0 aromatic heterocycles. The van der Waals surface area contributed by atoms with Crippen molar-refractivity contribution in [3.05, 3.63) is 48.0 Å². The summed E-state index contributed by atoms with van der Waals surface area (Å²) in [6.45, 7) is 0.982. The molecule has 8 nitrogen and oxygen atoms in total. The van der Waals surface area contributed by atoms with Crippen LogP contribution in [0.4, 0.5) is 5.69 Å². The van der Waals surface area contributed by atoms with Gasteiger partial charge in [0.2, 0.25) is 15.9 Å². The zero-order valence-electron chi connectivity index (χ0n) is 17.1. The Balaban J connectivity index is 1.55. The Labute approximate surface area is 176 Å². The third kappa shape index (κ3) is 5.79. The van der Waals surface area contributed by atoms with Crippen LogP contribution in [0.3, 0.4) is 0 Å². The average Bonchev–Trinajstić information content (AvgIpc) is 2.74. The molecule has 1 heterocycles. The van der Waals surface area contributed by atoms with Gasteiger partial charge in [-0.3, -0.25) is 9.10 Å². The third-order valence-corrected chi connectivity index (χ3v) is 5.77. The van der Waals surface area contributed by atoms with Crippen molar-refractivity contribution in [1.29, 1.82) is 0 Å². The zero-order valence-corrected chi connectivity index (χ0v) is 17.9. The molecule has 2 aromatic carbocycles. The van der Waals surface area contributed by atoms with Gasteiger partial charge in [-0.25, -0.2) is 8.42 Å². The van der Waals surface area contributed by atoms with Gasteiger partial charge in [0.15, 0.2) is 11.5 Å². The van der Waals surface area contributed by atoms with Crippen molar-refractivity contribution in [2.24, 2.45) is 0 Å². The largest absolute Gasteiger partial charge is 0.497 e. The van der Waals surface area contributed by atoms with Crippen LogP contribution in [0, 0.1) is 0 Å². The topological polar surface area (TPSA) is 94.2 Å². The fraction of sp³-hybridized carbons (Fsp3) is 0.381. The van der Waals surface area contributed by atoms with E-state index in [2.05, 4.69) is 5.32 Å². The van der Waals surface area contributed by atoms with Crippen molar-refractivity contribution in [3.8, 4) is 17.2 Å². The Bertz CT molecular complexity index is 975. The molecular formula is C21H26N2O6S. The molecular weight excluding hydrogens is 408 g/mol. The molecule has 9 heteroatoms. The lowest BCUT2D eigenvalue weighted by atomic mass is 10.1. The fourth-order valence-electron chi connectivity index (χ4n) is 3.09. The van der Waals surface area contributed by atoms with Gasteiger partial charge in [0.05, 0.1) is 19.1 Å². The van der Waals surface area contributed by atoms with Crippen LogP contribution in [-0.4, -0.2) is 54.0 Å². The molecule has 1 N–H and O–H groups in total. The third-order valence-electron chi connectivity index (χ3n) is 4.62. The molecule has 0 saturated carbocycles. The SMILES string of the molecule is COc1ccc(CCCNC(=O)CN(c2ccc3c(c2)OCCO3)S(C)(=O)=O)cc1. The van der Waals surface area contributed by atoms with Gasteiger partial charge in [-0.2, -0.15) is 0 Å². The van der Waals surface area contributed by atoms with Gasteiger partial charge in [-0.15, -0.1) is 0 Å². The standard InChI is InChI=1S/C21H26N2O6S/c1-27-18-8-5-16(6-9-18)4-3-11-22-21(24)15-23(30(2,25)26)17-7-10-19-20(14-17)29-13-12-28-19/h5-10,14H,3-4,11-13,15H2,1-2H3,(H,22,24). The van der Waals surface area contributed by atoms with Crippen LogP contribution in [0.1, 0.15) is 12.0 Å². The lowest BCUT2D eigenvalue weighted by Gasteiger charge is -2.24. The van der Waals surface area contributed by atoms with E-state index in [9.17, 15) is 13.2 Å². The van der Waals surface area contributed by atoms with Crippen LogP contribution in [0.2, 0.25) is 0 Å². The van der Waals surface area contributed by atoms with Gasteiger partial charge < -0.3 is 19.5 Å². The summed E-state index contributed by atoms with van der Waals surface area (Å²) in [6.07, 6.45) is 2.60. The molecule has 1 aliphatic heterocycles. The molecule has 0 saturated heterocycles. The number of amides is 1. The van der Waals surface area contributed by atoms with Gasteiger partial charge in [0, 0.05) is 12.6 Å². The number of hydrogen-bond acceptors (Lipinski definition) is 6. The van der Waals surface area contributed by atoms with E-state index < -0.39 is 10.0 Å². The Morgan fingerprint density at radius 1 is 1.10 bits per heavy atom. The summed E-state index contributed by atoms with van der Waals surface area (Å²) in [4.78, 5) is 12.4. The van der Waals surface area contributed by atoms with Crippen LogP contribution < -0.4 is 23.8 Å². The summed E-state index contributed by atoms with van der Waals surface area (Å²) in [5.41, 5.74) is 1.49. The zero-order chi connectivity index (χ0) is 21.6. The number of methoxy groups -OCH3 is 1. The molecule has 1 amide bonds. The molecule has 1 aliphatic rings. The number of ether oxygens (including phenoxy) is 3. The Morgan fingerprint density at radius 2 is 1.80 bits per heavy atom. The lowest BCUT2D eigenvalue weighted by molar-refractivity contribution is -0.119. The van der Waals surface area contributed by atoms with Crippen molar-refractivity contribution in [2.75, 3.05) is 44.0 Å². The molecule has 0 spiro atoms. The molecule has 2 aromatic rings.